The van der Waals surface area contributed by atoms with Gasteiger partial charge in [0.25, 0.3) is 7.23 Å². The van der Waals surface area contributed by atoms with Gasteiger partial charge in [-0.25, -0.2) is 4.57 Å². The number of rotatable bonds is 2. The van der Waals surface area contributed by atoms with Crippen molar-refractivity contribution in [2.24, 2.45) is 5.14 Å². The quantitative estimate of drug-likeness (QED) is 0.441. The van der Waals surface area contributed by atoms with Crippen LogP contribution in [-0.2, 0) is 9.09 Å². The Hall–Kier alpha value is 0.370. The predicted octanol–water partition coefficient (Wildman–Crippen LogP) is 0.897. The standard InChI is InChI=1S/CH5NO2PS/c1-4-5(3)6-2/h2H2,1H3. The lowest BCUT2D eigenvalue weighted by molar-refractivity contribution is 0.429. The molecular weight excluding hydrogens is 121 g/mol. The van der Waals surface area contributed by atoms with E-state index in [0.29, 0.717) is 11.6 Å². The van der Waals surface area contributed by atoms with Crippen molar-refractivity contribution in [3.8, 4) is 0 Å². The molecule has 0 fully saturated rings. The van der Waals surface area contributed by atoms with Gasteiger partial charge in [-0.05, 0) is 0 Å². The molecule has 1 radical (unpaired) electrons. The Morgan fingerprint density at radius 3 is 2.50 bits per heavy atom. The van der Waals surface area contributed by atoms with Crippen LogP contribution in [-0.4, -0.2) is 7.11 Å². The minimum Gasteiger partial charge on any atom is -0.299 e. The van der Waals surface area contributed by atoms with Crippen molar-refractivity contribution in [1.82, 2.24) is 0 Å². The molecule has 0 saturated carbocycles. The molecule has 1 unspecified atom stereocenters. The molecule has 0 aliphatic rings. The summed E-state index contributed by atoms with van der Waals surface area (Å²) in [5.74, 6) is 0. The van der Waals surface area contributed by atoms with Crippen LogP contribution >= 0.6 is 18.8 Å². The van der Waals surface area contributed by atoms with E-state index < -0.39 is 7.23 Å². The molecule has 1 atom stereocenters. The molecule has 0 aliphatic heterocycles. The summed E-state index contributed by atoms with van der Waals surface area (Å²) in [6, 6.07) is 0. The van der Waals surface area contributed by atoms with Gasteiger partial charge >= 0.3 is 0 Å². The fourth-order valence-corrected chi connectivity index (χ4v) is 0.387. The molecule has 0 spiro atoms. The van der Waals surface area contributed by atoms with E-state index in [1.165, 1.54) is 7.11 Å². The first-order valence-corrected chi connectivity index (χ1v) is 3.85. The molecule has 0 bridgehead atoms. The summed E-state index contributed by atoms with van der Waals surface area (Å²) in [5, 5.41) is 4.79. The summed E-state index contributed by atoms with van der Waals surface area (Å²) in [5.41, 5.74) is 0. The summed E-state index contributed by atoms with van der Waals surface area (Å²) < 4.78 is 14.2. The molecule has 5 heteroatoms. The van der Waals surface area contributed by atoms with Crippen molar-refractivity contribution in [3.63, 3.8) is 0 Å². The van der Waals surface area contributed by atoms with Crippen molar-refractivity contribution in [1.29, 1.82) is 0 Å². The first kappa shape index (κ1) is 6.37. The summed E-state index contributed by atoms with van der Waals surface area (Å²) >= 11 is 0.712. The van der Waals surface area contributed by atoms with Gasteiger partial charge in [-0.15, -0.1) is 0 Å². The molecule has 0 aromatic rings. The van der Waals surface area contributed by atoms with Crippen LogP contribution in [0.15, 0.2) is 0 Å². The molecule has 0 saturated heterocycles. The van der Waals surface area contributed by atoms with Crippen molar-refractivity contribution in [2.45, 2.75) is 0 Å². The minimum atomic E-state index is -1.63. The van der Waals surface area contributed by atoms with Crippen LogP contribution in [0.25, 0.3) is 0 Å². The molecule has 0 heterocycles. The van der Waals surface area contributed by atoms with E-state index in [1.54, 1.807) is 0 Å². The zero-order valence-corrected chi connectivity index (χ0v) is 4.96. The van der Waals surface area contributed by atoms with E-state index in [-0.39, 0.29) is 0 Å². The van der Waals surface area contributed by atoms with Crippen molar-refractivity contribution in [2.75, 3.05) is 7.11 Å². The number of hydrogen-bond donors (Lipinski definition) is 1. The highest BCUT2D eigenvalue weighted by atomic mass is 32.7. The van der Waals surface area contributed by atoms with Gasteiger partial charge in [0.1, 0.15) is 0 Å². The second-order valence-electron chi connectivity index (χ2n) is 0.512. The van der Waals surface area contributed by atoms with Gasteiger partial charge in [0, 0.05) is 18.7 Å². The van der Waals surface area contributed by atoms with Crippen LogP contribution < -0.4 is 5.14 Å². The third kappa shape index (κ3) is 2.60. The normalized spacial score (nSPS) is 11.3. The fraction of sp³-hybridized carbons (Fsp3) is 1.00. The first-order valence-electron chi connectivity index (χ1n) is 1.19. The fourth-order valence-electron chi connectivity index (χ4n) is 0.0430. The third-order valence-electron chi connectivity index (χ3n) is 0.235. The lowest BCUT2D eigenvalue weighted by atomic mass is 11.8. The molecule has 0 aliphatic carbocycles. The molecular formula is CH5NO2PS. The zero-order valence-electron chi connectivity index (χ0n) is 3.25. The first-order chi connectivity index (χ1) is 2.81. The lowest BCUT2D eigenvalue weighted by Crippen LogP contribution is -1.69. The summed E-state index contributed by atoms with van der Waals surface area (Å²) in [6.07, 6.45) is 0. The number of nitrogens with two attached hydrogens (primary N) is 1. The molecule has 3 nitrogen and oxygen atoms in total. The van der Waals surface area contributed by atoms with Crippen LogP contribution in [0, 0.1) is 0 Å². The Kier molecular flexibility index (Phi) is 3.78. The predicted molar refractivity (Wildman–Crippen MR) is 26.4 cm³/mol. The largest absolute Gasteiger partial charge is 0.299 e. The summed E-state index contributed by atoms with van der Waals surface area (Å²) in [6.45, 7) is 0. The SMILES string of the molecule is CO[P](=O)SN. The second kappa shape index (κ2) is 3.56. The molecule has 0 amide bonds. The van der Waals surface area contributed by atoms with E-state index in [2.05, 4.69) is 4.52 Å². The highest BCUT2D eigenvalue weighted by molar-refractivity contribution is 8.49. The third-order valence-corrected chi connectivity index (χ3v) is 1.67. The van der Waals surface area contributed by atoms with Gasteiger partial charge < -0.3 is 0 Å². The Bertz CT molecular complexity index is 51.5. The van der Waals surface area contributed by atoms with E-state index in [9.17, 15) is 4.57 Å². The monoisotopic (exact) mass is 126 g/mol. The van der Waals surface area contributed by atoms with Gasteiger partial charge in [-0.2, -0.15) is 0 Å². The van der Waals surface area contributed by atoms with Gasteiger partial charge in [0.05, 0.1) is 0 Å². The van der Waals surface area contributed by atoms with Crippen LogP contribution in [0.4, 0.5) is 0 Å². The van der Waals surface area contributed by atoms with E-state index in [4.69, 9.17) is 5.14 Å². The molecule has 0 aromatic carbocycles. The Balaban J connectivity index is 2.99. The Morgan fingerprint density at radius 2 is 2.50 bits per heavy atom. The van der Waals surface area contributed by atoms with E-state index in [1.807, 2.05) is 0 Å². The highest BCUT2D eigenvalue weighted by Gasteiger charge is 1.88. The van der Waals surface area contributed by atoms with Crippen molar-refractivity contribution in [3.05, 3.63) is 0 Å². The Labute approximate surface area is 41.0 Å². The second-order valence-corrected chi connectivity index (χ2v) is 3.06. The van der Waals surface area contributed by atoms with Crippen LogP contribution in [0.3, 0.4) is 0 Å². The van der Waals surface area contributed by atoms with E-state index >= 15 is 0 Å². The smallest absolute Gasteiger partial charge is 0.292 e. The molecule has 0 aromatic heterocycles. The van der Waals surface area contributed by atoms with Crippen LogP contribution in [0.1, 0.15) is 0 Å². The summed E-state index contributed by atoms with van der Waals surface area (Å²) in [4.78, 5) is 0. The summed E-state index contributed by atoms with van der Waals surface area (Å²) in [7, 11) is -0.286. The van der Waals surface area contributed by atoms with Crippen molar-refractivity contribution < 1.29 is 9.09 Å². The molecule has 6 heavy (non-hydrogen) atoms. The van der Waals surface area contributed by atoms with E-state index in [0.717, 1.165) is 0 Å². The lowest BCUT2D eigenvalue weighted by Gasteiger charge is -1.83. The zero-order chi connectivity index (χ0) is 4.99. The van der Waals surface area contributed by atoms with Gasteiger partial charge in [0.2, 0.25) is 0 Å². The highest BCUT2D eigenvalue weighted by Crippen LogP contribution is 2.31. The minimum absolute atomic E-state index is 0.712. The van der Waals surface area contributed by atoms with Gasteiger partial charge in [-0.1, -0.05) is 0 Å². The Morgan fingerprint density at radius 1 is 2.00 bits per heavy atom. The average Bonchev–Trinajstić information content (AvgIpc) is 1.65. The molecule has 0 rings (SSSR count). The van der Waals surface area contributed by atoms with Crippen molar-refractivity contribution >= 4 is 18.8 Å². The van der Waals surface area contributed by atoms with Crippen LogP contribution in [0.2, 0.25) is 0 Å². The maximum Gasteiger partial charge on any atom is 0.292 e. The number of hydrogen-bond acceptors (Lipinski definition) is 4. The molecule has 2 N–H and O–H groups in total. The topological polar surface area (TPSA) is 52.3 Å². The average molecular weight is 126 g/mol. The van der Waals surface area contributed by atoms with Crippen LogP contribution in [0.5, 0.6) is 0 Å². The maximum atomic E-state index is 9.94. The molecule has 37 valence electrons. The van der Waals surface area contributed by atoms with Gasteiger partial charge in [-0.3, -0.25) is 9.66 Å². The maximum absolute atomic E-state index is 9.94. The van der Waals surface area contributed by atoms with Gasteiger partial charge in [0.15, 0.2) is 0 Å².